The number of anilines is 1. The summed E-state index contributed by atoms with van der Waals surface area (Å²) in [6.07, 6.45) is 2.25. The van der Waals surface area contributed by atoms with Gasteiger partial charge in [-0.1, -0.05) is 30.0 Å². The molecule has 1 heterocycles. The molecule has 0 radical (unpaired) electrons. The third kappa shape index (κ3) is 4.56. The lowest BCUT2D eigenvalue weighted by molar-refractivity contribution is -0.115. The normalized spacial score (nSPS) is 14.4. The SMILES string of the molecule is CC(=O)c1ccc(NC(=O)[C@@H](C)Sc2nc(C3CC3)n(-c3ccccc3)n2)cc1. The molecule has 0 unspecified atom stereocenters. The molecule has 3 aromatic rings. The zero-order valence-corrected chi connectivity index (χ0v) is 17.1. The monoisotopic (exact) mass is 406 g/mol. The van der Waals surface area contributed by atoms with Crippen LogP contribution in [-0.4, -0.2) is 31.7 Å². The second-order valence-electron chi connectivity index (χ2n) is 7.16. The van der Waals surface area contributed by atoms with Gasteiger partial charge in [-0.25, -0.2) is 9.67 Å². The molecule has 0 bridgehead atoms. The van der Waals surface area contributed by atoms with Gasteiger partial charge in [0.25, 0.3) is 0 Å². The molecule has 0 spiro atoms. The van der Waals surface area contributed by atoms with Crippen molar-refractivity contribution in [3.05, 3.63) is 66.0 Å². The molecule has 1 aliphatic rings. The summed E-state index contributed by atoms with van der Waals surface area (Å²) in [4.78, 5) is 28.7. The molecule has 1 amide bonds. The number of para-hydroxylation sites is 1. The molecule has 1 fully saturated rings. The van der Waals surface area contributed by atoms with Gasteiger partial charge >= 0.3 is 0 Å². The van der Waals surface area contributed by atoms with Gasteiger partial charge in [-0.2, -0.15) is 0 Å². The first-order chi connectivity index (χ1) is 14.0. The number of Topliss-reactive ketones (excluding diaryl/α,β-unsaturated/α-hetero) is 1. The maximum absolute atomic E-state index is 12.6. The number of benzene rings is 2. The summed E-state index contributed by atoms with van der Waals surface area (Å²) >= 11 is 1.34. The summed E-state index contributed by atoms with van der Waals surface area (Å²) in [7, 11) is 0. The van der Waals surface area contributed by atoms with E-state index in [4.69, 9.17) is 4.98 Å². The zero-order valence-electron chi connectivity index (χ0n) is 16.3. The van der Waals surface area contributed by atoms with Crippen molar-refractivity contribution in [2.75, 3.05) is 5.32 Å². The van der Waals surface area contributed by atoms with Gasteiger partial charge in [-0.05, 0) is 63.1 Å². The van der Waals surface area contributed by atoms with Crippen LogP contribution in [0.1, 0.15) is 48.8 Å². The molecule has 1 atom stereocenters. The van der Waals surface area contributed by atoms with Crippen molar-refractivity contribution >= 4 is 29.1 Å². The number of nitrogens with zero attached hydrogens (tertiary/aromatic N) is 3. The summed E-state index contributed by atoms with van der Waals surface area (Å²) in [5.74, 6) is 1.28. The maximum Gasteiger partial charge on any atom is 0.237 e. The summed E-state index contributed by atoms with van der Waals surface area (Å²) in [5.41, 5.74) is 2.26. The Labute approximate surface area is 173 Å². The van der Waals surface area contributed by atoms with E-state index in [0.29, 0.717) is 22.3 Å². The second-order valence-corrected chi connectivity index (χ2v) is 8.47. The highest BCUT2D eigenvalue weighted by molar-refractivity contribution is 8.00. The predicted molar refractivity (Wildman–Crippen MR) is 114 cm³/mol. The number of carbonyl (C=O) groups is 2. The van der Waals surface area contributed by atoms with Crippen LogP contribution < -0.4 is 5.32 Å². The number of amides is 1. The molecule has 6 nitrogen and oxygen atoms in total. The maximum atomic E-state index is 12.6. The van der Waals surface area contributed by atoms with Gasteiger partial charge in [-0.15, -0.1) is 5.10 Å². The van der Waals surface area contributed by atoms with Crippen LogP contribution in [-0.2, 0) is 4.79 Å². The highest BCUT2D eigenvalue weighted by Crippen LogP contribution is 2.40. The Morgan fingerprint density at radius 1 is 1.10 bits per heavy atom. The molecular weight excluding hydrogens is 384 g/mol. The van der Waals surface area contributed by atoms with Crippen molar-refractivity contribution in [1.29, 1.82) is 0 Å². The van der Waals surface area contributed by atoms with E-state index in [1.54, 1.807) is 24.3 Å². The number of ketones is 1. The minimum absolute atomic E-state index is 0.00153. The van der Waals surface area contributed by atoms with E-state index in [0.717, 1.165) is 24.4 Å². The van der Waals surface area contributed by atoms with Crippen LogP contribution in [0.3, 0.4) is 0 Å². The molecule has 1 N–H and O–H groups in total. The van der Waals surface area contributed by atoms with Gasteiger partial charge in [0.05, 0.1) is 10.9 Å². The molecule has 7 heteroatoms. The second kappa shape index (κ2) is 8.21. The van der Waals surface area contributed by atoms with Crippen molar-refractivity contribution in [3.8, 4) is 5.69 Å². The van der Waals surface area contributed by atoms with E-state index in [-0.39, 0.29) is 16.9 Å². The lowest BCUT2D eigenvalue weighted by Gasteiger charge is -2.10. The summed E-state index contributed by atoms with van der Waals surface area (Å²) in [6, 6.07) is 16.8. The summed E-state index contributed by atoms with van der Waals surface area (Å²) in [6.45, 7) is 3.35. The minimum Gasteiger partial charge on any atom is -0.325 e. The van der Waals surface area contributed by atoms with Crippen LogP contribution in [0.4, 0.5) is 5.69 Å². The van der Waals surface area contributed by atoms with Gasteiger partial charge in [0, 0.05) is 17.2 Å². The van der Waals surface area contributed by atoms with Crippen molar-refractivity contribution in [2.24, 2.45) is 0 Å². The molecule has 1 aliphatic carbocycles. The Morgan fingerprint density at radius 3 is 2.41 bits per heavy atom. The average Bonchev–Trinajstić information content (AvgIpc) is 3.49. The molecule has 1 aromatic heterocycles. The Balaban J connectivity index is 1.46. The van der Waals surface area contributed by atoms with E-state index < -0.39 is 0 Å². The number of aromatic nitrogens is 3. The zero-order chi connectivity index (χ0) is 20.4. The number of thioether (sulfide) groups is 1. The van der Waals surface area contributed by atoms with Gasteiger partial charge in [0.15, 0.2) is 5.78 Å². The smallest absolute Gasteiger partial charge is 0.237 e. The average molecular weight is 407 g/mol. The van der Waals surface area contributed by atoms with Crippen LogP contribution in [0.2, 0.25) is 0 Å². The van der Waals surface area contributed by atoms with Crippen molar-refractivity contribution in [1.82, 2.24) is 14.8 Å². The first-order valence-electron chi connectivity index (χ1n) is 9.62. The number of hydrogen-bond acceptors (Lipinski definition) is 5. The highest BCUT2D eigenvalue weighted by atomic mass is 32.2. The van der Waals surface area contributed by atoms with Gasteiger partial charge in [-0.3, -0.25) is 9.59 Å². The quantitative estimate of drug-likeness (QED) is 0.463. The highest BCUT2D eigenvalue weighted by Gasteiger charge is 2.31. The molecule has 0 saturated heterocycles. The number of hydrogen-bond donors (Lipinski definition) is 1. The van der Waals surface area contributed by atoms with Gasteiger partial charge < -0.3 is 5.32 Å². The molecule has 148 valence electrons. The van der Waals surface area contributed by atoms with E-state index in [1.807, 2.05) is 41.9 Å². The Kier molecular flexibility index (Phi) is 5.49. The molecule has 29 heavy (non-hydrogen) atoms. The van der Waals surface area contributed by atoms with E-state index >= 15 is 0 Å². The van der Waals surface area contributed by atoms with Crippen LogP contribution in [0, 0.1) is 0 Å². The molecule has 2 aromatic carbocycles. The minimum atomic E-state index is -0.360. The van der Waals surface area contributed by atoms with Crippen LogP contribution in [0.15, 0.2) is 59.8 Å². The van der Waals surface area contributed by atoms with Gasteiger partial charge in [0.1, 0.15) is 5.82 Å². The van der Waals surface area contributed by atoms with Crippen LogP contribution >= 0.6 is 11.8 Å². The van der Waals surface area contributed by atoms with Crippen LogP contribution in [0.25, 0.3) is 5.69 Å². The first kappa shape index (κ1) is 19.4. The fourth-order valence-electron chi connectivity index (χ4n) is 2.96. The van der Waals surface area contributed by atoms with E-state index in [1.165, 1.54) is 18.7 Å². The lowest BCUT2D eigenvalue weighted by Crippen LogP contribution is -2.22. The predicted octanol–water partition coefficient (Wildman–Crippen LogP) is 4.47. The Bertz CT molecular complexity index is 1030. The molecule has 0 aliphatic heterocycles. The molecule has 4 rings (SSSR count). The van der Waals surface area contributed by atoms with Gasteiger partial charge in [0.2, 0.25) is 11.1 Å². The Hall–Kier alpha value is -2.93. The largest absolute Gasteiger partial charge is 0.325 e. The third-order valence-electron chi connectivity index (χ3n) is 4.77. The third-order valence-corrected chi connectivity index (χ3v) is 5.72. The first-order valence-corrected chi connectivity index (χ1v) is 10.5. The van der Waals surface area contributed by atoms with E-state index in [2.05, 4.69) is 10.4 Å². The Morgan fingerprint density at radius 2 is 1.79 bits per heavy atom. The van der Waals surface area contributed by atoms with Crippen molar-refractivity contribution < 1.29 is 9.59 Å². The fourth-order valence-corrected chi connectivity index (χ4v) is 3.72. The number of carbonyl (C=O) groups excluding carboxylic acids is 2. The standard InChI is InChI=1S/C22H22N4O2S/c1-14(27)16-10-12-18(13-11-16)23-21(28)15(2)29-22-24-20(17-8-9-17)26(25-22)19-6-4-3-5-7-19/h3-7,10-13,15,17H,8-9H2,1-2H3,(H,23,28)/t15-/m1/s1. The lowest BCUT2D eigenvalue weighted by atomic mass is 10.1. The summed E-state index contributed by atoms with van der Waals surface area (Å²) < 4.78 is 1.89. The fraction of sp³-hybridized carbons (Fsp3) is 0.273. The van der Waals surface area contributed by atoms with E-state index in [9.17, 15) is 9.59 Å². The number of nitrogens with one attached hydrogen (secondary N) is 1. The van der Waals surface area contributed by atoms with Crippen molar-refractivity contribution in [3.63, 3.8) is 0 Å². The summed E-state index contributed by atoms with van der Waals surface area (Å²) in [5, 5.41) is 7.78. The van der Waals surface area contributed by atoms with Crippen LogP contribution in [0.5, 0.6) is 0 Å². The molecular formula is C22H22N4O2S. The number of rotatable bonds is 7. The topological polar surface area (TPSA) is 76.9 Å². The molecule has 1 saturated carbocycles. The van der Waals surface area contributed by atoms with Crippen molar-refractivity contribution in [2.45, 2.75) is 43.0 Å².